The van der Waals surface area contributed by atoms with Crippen molar-refractivity contribution >= 4 is 6.09 Å². The van der Waals surface area contributed by atoms with Crippen LogP contribution in [0.2, 0.25) is 0 Å². The Morgan fingerprint density at radius 1 is 1.42 bits per heavy atom. The third kappa shape index (κ3) is 4.35. The maximum Gasteiger partial charge on any atom is 0.407 e. The largest absolute Gasteiger partial charge is 0.465 e. The summed E-state index contributed by atoms with van der Waals surface area (Å²) in [5.74, 6) is 0. The zero-order chi connectivity index (χ0) is 14.8. The van der Waals surface area contributed by atoms with Gasteiger partial charge < -0.3 is 20.8 Å². The predicted octanol–water partition coefficient (Wildman–Crippen LogP) is 1.89. The van der Waals surface area contributed by atoms with Gasteiger partial charge in [0.25, 0.3) is 0 Å². The van der Waals surface area contributed by atoms with Crippen LogP contribution in [0.25, 0.3) is 0 Å². The highest BCUT2D eigenvalue weighted by atomic mass is 16.4. The molecule has 0 saturated heterocycles. The summed E-state index contributed by atoms with van der Waals surface area (Å²) in [6, 6.07) is -0.0654. The van der Waals surface area contributed by atoms with E-state index in [-0.39, 0.29) is 23.4 Å². The first kappa shape index (κ1) is 16.2. The highest BCUT2D eigenvalue weighted by Gasteiger charge is 2.43. The Labute approximate surface area is 115 Å². The van der Waals surface area contributed by atoms with E-state index in [0.29, 0.717) is 6.54 Å². The van der Waals surface area contributed by atoms with E-state index in [1.54, 1.807) is 6.92 Å². The van der Waals surface area contributed by atoms with Crippen LogP contribution in [0.15, 0.2) is 0 Å². The minimum absolute atomic E-state index is 0.0290. The molecule has 1 aliphatic rings. The van der Waals surface area contributed by atoms with E-state index in [4.69, 9.17) is 5.73 Å². The van der Waals surface area contributed by atoms with Crippen molar-refractivity contribution in [1.29, 1.82) is 0 Å². The molecule has 0 aromatic rings. The van der Waals surface area contributed by atoms with Crippen LogP contribution in [0.4, 0.5) is 4.79 Å². The molecule has 3 unspecified atom stereocenters. The molecule has 0 aromatic carbocycles. The number of carbonyl (C=O) groups is 1. The van der Waals surface area contributed by atoms with E-state index < -0.39 is 12.2 Å². The number of amides is 1. The number of hydrogen-bond acceptors (Lipinski definition) is 3. The van der Waals surface area contributed by atoms with Gasteiger partial charge in [-0.25, -0.2) is 4.79 Å². The first-order valence-corrected chi connectivity index (χ1v) is 6.96. The lowest BCUT2D eigenvalue weighted by Crippen LogP contribution is -2.52. The Kier molecular flexibility index (Phi) is 4.85. The van der Waals surface area contributed by atoms with Gasteiger partial charge in [-0.3, -0.25) is 0 Å². The Balaban J connectivity index is 2.92. The molecular weight excluding hydrogens is 244 g/mol. The topological polar surface area (TPSA) is 86.8 Å². The zero-order valence-electron chi connectivity index (χ0n) is 12.5. The van der Waals surface area contributed by atoms with Gasteiger partial charge in [-0.15, -0.1) is 0 Å². The molecule has 0 radical (unpaired) electrons. The van der Waals surface area contributed by atoms with E-state index in [0.717, 1.165) is 19.3 Å². The zero-order valence-corrected chi connectivity index (χ0v) is 12.5. The van der Waals surface area contributed by atoms with Crippen molar-refractivity contribution in [3.05, 3.63) is 0 Å². The molecule has 1 amide bonds. The SMILES string of the molecule is CC(O)CN(C(=O)O)C1CC(C)(C)CC(C)(CN)C1. The van der Waals surface area contributed by atoms with E-state index >= 15 is 0 Å². The number of carboxylic acid groups (broad SMARTS) is 1. The predicted molar refractivity (Wildman–Crippen MR) is 75.0 cm³/mol. The number of aliphatic hydroxyl groups is 1. The Morgan fingerprint density at radius 3 is 2.42 bits per heavy atom. The molecule has 3 atom stereocenters. The normalized spacial score (nSPS) is 31.8. The molecule has 19 heavy (non-hydrogen) atoms. The first-order valence-electron chi connectivity index (χ1n) is 6.96. The van der Waals surface area contributed by atoms with Crippen LogP contribution in [-0.4, -0.2) is 46.4 Å². The van der Waals surface area contributed by atoms with Crippen LogP contribution in [0.5, 0.6) is 0 Å². The Bertz CT molecular complexity index is 331. The van der Waals surface area contributed by atoms with Crippen LogP contribution >= 0.6 is 0 Å². The molecule has 5 nitrogen and oxygen atoms in total. The summed E-state index contributed by atoms with van der Waals surface area (Å²) >= 11 is 0. The molecule has 4 N–H and O–H groups in total. The summed E-state index contributed by atoms with van der Waals surface area (Å²) in [7, 11) is 0. The molecule has 0 bridgehead atoms. The third-order valence-corrected chi connectivity index (χ3v) is 4.06. The smallest absolute Gasteiger partial charge is 0.407 e. The van der Waals surface area contributed by atoms with Gasteiger partial charge in [0.15, 0.2) is 0 Å². The van der Waals surface area contributed by atoms with Gasteiger partial charge in [0.2, 0.25) is 0 Å². The van der Waals surface area contributed by atoms with Gasteiger partial charge in [0.05, 0.1) is 6.10 Å². The number of nitrogens with two attached hydrogens (primary N) is 1. The summed E-state index contributed by atoms with van der Waals surface area (Å²) in [5, 5.41) is 18.9. The second-order valence-corrected chi connectivity index (χ2v) is 7.20. The molecule has 1 saturated carbocycles. The third-order valence-electron chi connectivity index (χ3n) is 4.06. The van der Waals surface area contributed by atoms with Crippen LogP contribution in [0.3, 0.4) is 0 Å². The standard InChI is InChI=1S/C14H28N2O3/c1-10(17)7-16(12(18)19)11-5-13(2,3)8-14(4,6-11)9-15/h10-11,17H,5-9,15H2,1-4H3,(H,18,19). The molecule has 112 valence electrons. The minimum atomic E-state index is -0.956. The molecular formula is C14H28N2O3. The number of hydrogen-bond donors (Lipinski definition) is 3. The van der Waals surface area contributed by atoms with Gasteiger partial charge in [0, 0.05) is 12.6 Å². The monoisotopic (exact) mass is 272 g/mol. The van der Waals surface area contributed by atoms with Crippen LogP contribution in [-0.2, 0) is 0 Å². The van der Waals surface area contributed by atoms with Crippen molar-refractivity contribution in [3.63, 3.8) is 0 Å². The molecule has 0 heterocycles. The van der Waals surface area contributed by atoms with Crippen molar-refractivity contribution in [2.45, 2.75) is 59.1 Å². The maximum absolute atomic E-state index is 11.4. The van der Waals surface area contributed by atoms with Gasteiger partial charge in [-0.1, -0.05) is 20.8 Å². The minimum Gasteiger partial charge on any atom is -0.465 e. The summed E-state index contributed by atoms with van der Waals surface area (Å²) < 4.78 is 0. The quantitative estimate of drug-likeness (QED) is 0.729. The second-order valence-electron chi connectivity index (χ2n) is 7.20. The average molecular weight is 272 g/mol. The fraction of sp³-hybridized carbons (Fsp3) is 0.929. The maximum atomic E-state index is 11.4. The molecule has 0 aliphatic heterocycles. The summed E-state index contributed by atoms with van der Waals surface area (Å²) in [6.07, 6.45) is 0.996. The second kappa shape index (κ2) is 5.67. The number of nitrogens with zero attached hydrogens (tertiary/aromatic N) is 1. The lowest BCUT2D eigenvalue weighted by Gasteiger charge is -2.49. The molecule has 5 heteroatoms. The average Bonchev–Trinajstić information content (AvgIpc) is 2.22. The van der Waals surface area contributed by atoms with Crippen molar-refractivity contribution < 1.29 is 15.0 Å². The van der Waals surface area contributed by atoms with E-state index in [2.05, 4.69) is 20.8 Å². The van der Waals surface area contributed by atoms with E-state index in [9.17, 15) is 15.0 Å². The number of rotatable bonds is 4. The first-order chi connectivity index (χ1) is 8.58. The molecule has 1 aliphatic carbocycles. The molecule has 1 rings (SSSR count). The molecule has 1 fully saturated rings. The van der Waals surface area contributed by atoms with Crippen molar-refractivity contribution in [1.82, 2.24) is 4.90 Å². The van der Waals surface area contributed by atoms with Gasteiger partial charge in [0.1, 0.15) is 0 Å². The Hall–Kier alpha value is -0.810. The fourth-order valence-electron chi connectivity index (χ4n) is 3.62. The van der Waals surface area contributed by atoms with Crippen LogP contribution < -0.4 is 5.73 Å². The number of aliphatic hydroxyl groups excluding tert-OH is 1. The summed E-state index contributed by atoms with van der Waals surface area (Å²) in [6.45, 7) is 8.80. The van der Waals surface area contributed by atoms with Crippen LogP contribution in [0.1, 0.15) is 47.0 Å². The molecule has 0 spiro atoms. The molecule has 0 aromatic heterocycles. The highest BCUT2D eigenvalue weighted by molar-refractivity contribution is 5.65. The van der Waals surface area contributed by atoms with Crippen molar-refractivity contribution in [3.8, 4) is 0 Å². The van der Waals surface area contributed by atoms with E-state index in [1.165, 1.54) is 4.90 Å². The lowest BCUT2D eigenvalue weighted by atomic mass is 9.62. The van der Waals surface area contributed by atoms with Crippen molar-refractivity contribution in [2.24, 2.45) is 16.6 Å². The van der Waals surface area contributed by atoms with Crippen molar-refractivity contribution in [2.75, 3.05) is 13.1 Å². The van der Waals surface area contributed by atoms with Crippen LogP contribution in [0, 0.1) is 10.8 Å². The summed E-state index contributed by atoms with van der Waals surface area (Å²) in [5.41, 5.74) is 5.93. The van der Waals surface area contributed by atoms with Gasteiger partial charge in [-0.05, 0) is 43.6 Å². The van der Waals surface area contributed by atoms with Gasteiger partial charge in [-0.2, -0.15) is 0 Å². The summed E-state index contributed by atoms with van der Waals surface area (Å²) in [4.78, 5) is 12.8. The van der Waals surface area contributed by atoms with Gasteiger partial charge >= 0.3 is 6.09 Å². The lowest BCUT2D eigenvalue weighted by molar-refractivity contribution is 0.00837. The van der Waals surface area contributed by atoms with E-state index in [1.807, 2.05) is 0 Å². The Morgan fingerprint density at radius 2 is 2.00 bits per heavy atom. The fourth-order valence-corrected chi connectivity index (χ4v) is 3.62. The highest BCUT2D eigenvalue weighted by Crippen LogP contribution is 2.46.